The van der Waals surface area contributed by atoms with Gasteiger partial charge in [-0.25, -0.2) is 4.39 Å². The van der Waals surface area contributed by atoms with Crippen LogP contribution in [0.5, 0.6) is 0 Å². The maximum atomic E-state index is 13.0. The topological polar surface area (TPSA) is 58.6 Å². The number of amides is 1. The highest BCUT2D eigenvalue weighted by Gasteiger charge is 2.32. The first kappa shape index (κ1) is 30.2. The van der Waals surface area contributed by atoms with Gasteiger partial charge >= 0.3 is 6.18 Å². The summed E-state index contributed by atoms with van der Waals surface area (Å²) in [5.74, 6) is -0.0656. The van der Waals surface area contributed by atoms with Crippen LogP contribution in [0.25, 0.3) is 0 Å². The summed E-state index contributed by atoms with van der Waals surface area (Å²) < 4.78 is 56.9. The molecule has 1 N–H and O–H groups in total. The molecule has 0 aliphatic carbocycles. The van der Waals surface area contributed by atoms with Crippen molar-refractivity contribution in [3.63, 3.8) is 0 Å². The smallest absolute Gasteiger partial charge is 0.366 e. The van der Waals surface area contributed by atoms with Crippen LogP contribution in [-0.2, 0) is 28.7 Å². The standard InChI is InChI=1S/C32H34F4N2O3/c1-2-30(39)17-22-3-5-23(6-4-22)18-37-31(40)25-9-14-28(15-10-25)38-19-26(11-16-29(38)20-41-21-33)24-7-12-27(13-8-24)32(34,35)36/h3-10,12-15,26,29H,2,11,16-21H2,1H3,(H,37,40)/t26?,29-/m0/s1. The largest absolute Gasteiger partial charge is 0.416 e. The van der Waals surface area contributed by atoms with Crippen molar-refractivity contribution in [2.75, 3.05) is 24.9 Å². The summed E-state index contributed by atoms with van der Waals surface area (Å²) in [7, 11) is 0. The number of Topliss-reactive ketones (excluding diaryl/α,β-unsaturated/α-hetero) is 1. The van der Waals surface area contributed by atoms with Gasteiger partial charge in [-0.2, -0.15) is 13.2 Å². The molecule has 9 heteroatoms. The van der Waals surface area contributed by atoms with Crippen molar-refractivity contribution >= 4 is 17.4 Å². The predicted octanol–water partition coefficient (Wildman–Crippen LogP) is 6.85. The molecule has 4 rings (SSSR count). The van der Waals surface area contributed by atoms with E-state index in [0.29, 0.717) is 37.9 Å². The first-order valence-corrected chi connectivity index (χ1v) is 13.7. The molecule has 3 aromatic carbocycles. The van der Waals surface area contributed by atoms with E-state index in [1.807, 2.05) is 43.3 Å². The van der Waals surface area contributed by atoms with E-state index in [-0.39, 0.29) is 30.3 Å². The molecule has 1 aliphatic rings. The van der Waals surface area contributed by atoms with E-state index in [9.17, 15) is 27.2 Å². The van der Waals surface area contributed by atoms with Crippen molar-refractivity contribution in [2.45, 2.75) is 57.3 Å². The number of ether oxygens (including phenoxy) is 1. The van der Waals surface area contributed by atoms with E-state index in [2.05, 4.69) is 10.2 Å². The average molecular weight is 571 g/mol. The molecular weight excluding hydrogens is 536 g/mol. The highest BCUT2D eigenvalue weighted by Crippen LogP contribution is 2.35. The van der Waals surface area contributed by atoms with Crippen molar-refractivity contribution in [1.29, 1.82) is 0 Å². The Morgan fingerprint density at radius 2 is 1.59 bits per heavy atom. The minimum absolute atomic E-state index is 0.00614. The Kier molecular flexibility index (Phi) is 10.2. The molecule has 1 heterocycles. The Morgan fingerprint density at radius 1 is 0.927 bits per heavy atom. The van der Waals surface area contributed by atoms with Crippen molar-refractivity contribution in [3.05, 3.63) is 101 Å². The highest BCUT2D eigenvalue weighted by molar-refractivity contribution is 5.94. The van der Waals surface area contributed by atoms with E-state index in [1.165, 1.54) is 12.1 Å². The number of halogens is 4. The number of rotatable bonds is 11. The van der Waals surface area contributed by atoms with Gasteiger partial charge in [-0.1, -0.05) is 43.3 Å². The van der Waals surface area contributed by atoms with Gasteiger partial charge in [-0.15, -0.1) is 0 Å². The third kappa shape index (κ3) is 8.16. The second kappa shape index (κ2) is 13.8. The minimum atomic E-state index is -4.39. The number of piperidine rings is 1. The number of carbonyl (C=O) groups excluding carboxylic acids is 2. The number of nitrogens with zero attached hydrogens (tertiary/aromatic N) is 1. The maximum absolute atomic E-state index is 13.0. The molecule has 41 heavy (non-hydrogen) atoms. The van der Waals surface area contributed by atoms with E-state index in [0.717, 1.165) is 40.9 Å². The van der Waals surface area contributed by atoms with Gasteiger partial charge in [0.2, 0.25) is 0 Å². The first-order valence-electron chi connectivity index (χ1n) is 13.7. The molecule has 0 saturated carbocycles. The third-order valence-corrected chi connectivity index (χ3v) is 7.54. The number of hydrogen-bond donors (Lipinski definition) is 1. The zero-order valence-electron chi connectivity index (χ0n) is 22.9. The first-order chi connectivity index (χ1) is 19.7. The van der Waals surface area contributed by atoms with Crippen LogP contribution < -0.4 is 10.2 Å². The molecule has 2 atom stereocenters. The van der Waals surface area contributed by atoms with Crippen LogP contribution in [0.4, 0.5) is 23.2 Å². The van der Waals surface area contributed by atoms with Gasteiger partial charge in [0.05, 0.1) is 18.2 Å². The summed E-state index contributed by atoms with van der Waals surface area (Å²) in [6.45, 7) is 1.99. The predicted molar refractivity (Wildman–Crippen MR) is 150 cm³/mol. The lowest BCUT2D eigenvalue weighted by atomic mass is 9.86. The lowest BCUT2D eigenvalue weighted by molar-refractivity contribution is -0.137. The van der Waals surface area contributed by atoms with Crippen LogP contribution in [0.1, 0.15) is 64.7 Å². The van der Waals surface area contributed by atoms with Crippen molar-refractivity contribution < 1.29 is 31.9 Å². The molecule has 0 aromatic heterocycles. The number of anilines is 1. The van der Waals surface area contributed by atoms with Crippen LogP contribution in [0.15, 0.2) is 72.8 Å². The van der Waals surface area contributed by atoms with Gasteiger partial charge in [0, 0.05) is 43.1 Å². The molecule has 1 fully saturated rings. The van der Waals surface area contributed by atoms with Crippen molar-refractivity contribution in [1.82, 2.24) is 5.32 Å². The van der Waals surface area contributed by atoms with E-state index >= 15 is 0 Å². The molecular formula is C32H34F4N2O3. The molecule has 3 aromatic rings. The van der Waals surface area contributed by atoms with Crippen LogP contribution in [-0.4, -0.2) is 37.7 Å². The molecule has 0 bridgehead atoms. The van der Waals surface area contributed by atoms with Gasteiger partial charge in [0.15, 0.2) is 6.86 Å². The highest BCUT2D eigenvalue weighted by atomic mass is 19.4. The number of carbonyl (C=O) groups is 2. The van der Waals surface area contributed by atoms with E-state index in [4.69, 9.17) is 4.74 Å². The van der Waals surface area contributed by atoms with Gasteiger partial charge in [-0.3, -0.25) is 9.59 Å². The molecule has 0 spiro atoms. The summed E-state index contributed by atoms with van der Waals surface area (Å²) in [6.07, 6.45) is -2.07. The summed E-state index contributed by atoms with van der Waals surface area (Å²) in [5, 5.41) is 2.90. The second-order valence-electron chi connectivity index (χ2n) is 10.3. The Balaban J connectivity index is 1.41. The molecule has 1 amide bonds. The number of hydrogen-bond acceptors (Lipinski definition) is 4. The zero-order valence-corrected chi connectivity index (χ0v) is 22.9. The summed E-state index contributed by atoms with van der Waals surface area (Å²) >= 11 is 0. The van der Waals surface area contributed by atoms with Crippen molar-refractivity contribution in [3.8, 4) is 0 Å². The van der Waals surface area contributed by atoms with Gasteiger partial charge in [-0.05, 0) is 65.9 Å². The van der Waals surface area contributed by atoms with Gasteiger partial charge < -0.3 is 15.0 Å². The normalized spacial score (nSPS) is 17.3. The Bertz CT molecular complexity index is 1290. The number of benzene rings is 3. The third-order valence-electron chi connectivity index (χ3n) is 7.54. The number of ketones is 1. The summed E-state index contributed by atoms with van der Waals surface area (Å²) in [6, 6.07) is 19.8. The van der Waals surface area contributed by atoms with Crippen LogP contribution in [0.2, 0.25) is 0 Å². The second-order valence-corrected chi connectivity index (χ2v) is 10.3. The number of alkyl halides is 4. The molecule has 218 valence electrons. The fourth-order valence-electron chi connectivity index (χ4n) is 5.13. The van der Waals surface area contributed by atoms with Crippen LogP contribution in [0.3, 0.4) is 0 Å². The molecule has 1 aliphatic heterocycles. The van der Waals surface area contributed by atoms with E-state index < -0.39 is 18.6 Å². The summed E-state index contributed by atoms with van der Waals surface area (Å²) in [4.78, 5) is 26.5. The summed E-state index contributed by atoms with van der Waals surface area (Å²) in [5.41, 5.74) is 3.29. The quantitative estimate of drug-likeness (QED) is 0.256. The minimum Gasteiger partial charge on any atom is -0.366 e. The van der Waals surface area contributed by atoms with Crippen molar-refractivity contribution in [2.24, 2.45) is 0 Å². The monoisotopic (exact) mass is 570 g/mol. The van der Waals surface area contributed by atoms with Crippen LogP contribution in [0, 0.1) is 0 Å². The van der Waals surface area contributed by atoms with Crippen LogP contribution >= 0.6 is 0 Å². The Labute approximate surface area is 237 Å². The fraction of sp³-hybridized carbons (Fsp3) is 0.375. The lowest BCUT2D eigenvalue weighted by Gasteiger charge is -2.41. The number of nitrogens with one attached hydrogen (secondary N) is 1. The Morgan fingerprint density at radius 3 is 2.20 bits per heavy atom. The fourth-order valence-corrected chi connectivity index (χ4v) is 5.13. The zero-order chi connectivity index (χ0) is 29.4. The van der Waals surface area contributed by atoms with Gasteiger partial charge in [0.1, 0.15) is 5.78 Å². The lowest BCUT2D eigenvalue weighted by Crippen LogP contribution is -2.45. The SMILES string of the molecule is CCC(=O)Cc1ccc(CNC(=O)c2ccc(N3CC(c4ccc(C(F)(F)F)cc4)CC[C@H]3COCF)cc2)cc1. The van der Waals surface area contributed by atoms with E-state index in [1.54, 1.807) is 12.1 Å². The molecule has 0 radical (unpaired) electrons. The molecule has 1 saturated heterocycles. The maximum Gasteiger partial charge on any atom is 0.416 e. The average Bonchev–Trinajstić information content (AvgIpc) is 2.99. The van der Waals surface area contributed by atoms with Gasteiger partial charge in [0.25, 0.3) is 5.91 Å². The Hall–Kier alpha value is -3.72. The molecule has 5 nitrogen and oxygen atoms in total. The molecule has 1 unspecified atom stereocenters.